The van der Waals surface area contributed by atoms with E-state index in [-0.39, 0.29) is 32.2 Å². The minimum absolute atomic E-state index is 0.0655. The Morgan fingerprint density at radius 3 is 2.26 bits per heavy atom. The number of hydrogen-bond donors (Lipinski definition) is 6. The number of carboxylic acid groups (broad SMARTS) is 1. The van der Waals surface area contributed by atoms with E-state index in [9.17, 15) is 24.6 Å². The van der Waals surface area contributed by atoms with Gasteiger partial charge in [-0.1, -0.05) is 60.7 Å². The summed E-state index contributed by atoms with van der Waals surface area (Å²) in [6.07, 6.45) is 0.438. The number of hydrogen-bond acceptors (Lipinski definition) is 8. The van der Waals surface area contributed by atoms with Gasteiger partial charge in [0.1, 0.15) is 37.9 Å². The Morgan fingerprint density at radius 1 is 0.913 bits per heavy atom. The Labute approximate surface area is 268 Å². The maximum Gasteiger partial charge on any atom is 0.408 e. The molecule has 1 amide bonds. The zero-order valence-corrected chi connectivity index (χ0v) is 25.8. The van der Waals surface area contributed by atoms with Gasteiger partial charge < -0.3 is 35.4 Å². The van der Waals surface area contributed by atoms with E-state index in [1.807, 2.05) is 65.2 Å². The smallest absolute Gasteiger partial charge is 0.408 e. The Morgan fingerprint density at radius 2 is 1.59 bits per heavy atom. The SMILES string of the molecule is O=C(O)CCCCN=C1NC2=[N+](CCCC[C@H](NC(=O)OCc3ccccc3)C(=O)OCc3ccccc3)C[C@@H](O)[C@@H](O)CC2N1. The number of nitrogens with zero attached hydrogens (tertiary/aromatic N) is 2. The van der Waals surface area contributed by atoms with Crippen molar-refractivity contribution in [3.05, 3.63) is 71.8 Å². The number of rotatable bonds is 16. The number of aliphatic hydroxyl groups excluding tert-OH is 2. The molecule has 2 heterocycles. The molecule has 0 aliphatic carbocycles. The zero-order chi connectivity index (χ0) is 32.7. The summed E-state index contributed by atoms with van der Waals surface area (Å²) in [5.41, 5.74) is 1.65. The maximum absolute atomic E-state index is 13.1. The number of carbonyl (C=O) groups is 3. The van der Waals surface area contributed by atoms with Gasteiger partial charge in [0.2, 0.25) is 0 Å². The number of unbranched alkanes of at least 4 members (excludes halogenated alkanes) is 2. The van der Waals surface area contributed by atoms with Crippen molar-refractivity contribution < 1.29 is 43.8 Å². The molecule has 248 valence electrons. The van der Waals surface area contributed by atoms with Crippen molar-refractivity contribution in [1.29, 1.82) is 0 Å². The van der Waals surface area contributed by atoms with E-state index in [1.165, 1.54) is 0 Å². The van der Waals surface area contributed by atoms with Crippen LogP contribution in [0.5, 0.6) is 0 Å². The summed E-state index contributed by atoms with van der Waals surface area (Å²) >= 11 is 0. The number of aliphatic carboxylic acids is 1. The van der Waals surface area contributed by atoms with E-state index in [4.69, 9.17) is 14.6 Å². The number of carboxylic acids is 1. The number of alkyl carbamates (subject to hydrolysis) is 1. The third-order valence-corrected chi connectivity index (χ3v) is 7.81. The van der Waals surface area contributed by atoms with E-state index in [2.05, 4.69) is 20.9 Å². The topological polar surface area (TPSA) is 182 Å². The molecule has 2 aromatic rings. The van der Waals surface area contributed by atoms with E-state index >= 15 is 0 Å². The maximum atomic E-state index is 13.1. The molecule has 2 aliphatic rings. The number of ether oxygens (including phenoxy) is 2. The van der Waals surface area contributed by atoms with Crippen LogP contribution in [-0.2, 0) is 32.3 Å². The Hall–Kier alpha value is -4.49. The molecule has 46 heavy (non-hydrogen) atoms. The second-order valence-electron chi connectivity index (χ2n) is 11.5. The number of β-amino-alcohol motifs (C(OH)–C–C–N with tert-alkyl or cyclic N) is 1. The highest BCUT2D eigenvalue weighted by atomic mass is 16.6. The van der Waals surface area contributed by atoms with Crippen LogP contribution in [0, 0.1) is 0 Å². The zero-order valence-electron chi connectivity index (χ0n) is 25.8. The monoisotopic (exact) mass is 638 g/mol. The normalized spacial score (nSPS) is 20.6. The number of fused-ring (bicyclic) bond motifs is 1. The van der Waals surface area contributed by atoms with Crippen LogP contribution in [0.4, 0.5) is 4.79 Å². The second kappa shape index (κ2) is 17.9. The highest BCUT2D eigenvalue weighted by Crippen LogP contribution is 2.15. The van der Waals surface area contributed by atoms with Crippen LogP contribution in [0.1, 0.15) is 56.1 Å². The van der Waals surface area contributed by atoms with Gasteiger partial charge in [-0.2, -0.15) is 0 Å². The first-order chi connectivity index (χ1) is 22.3. The third-order valence-electron chi connectivity index (χ3n) is 7.81. The molecule has 2 aromatic carbocycles. The summed E-state index contributed by atoms with van der Waals surface area (Å²) < 4.78 is 12.8. The Kier molecular flexibility index (Phi) is 13.3. The lowest BCUT2D eigenvalue weighted by atomic mass is 10.1. The van der Waals surface area contributed by atoms with Crippen LogP contribution in [0.15, 0.2) is 65.7 Å². The van der Waals surface area contributed by atoms with E-state index in [0.29, 0.717) is 57.6 Å². The van der Waals surface area contributed by atoms with Crippen LogP contribution in [0.3, 0.4) is 0 Å². The molecule has 0 bridgehead atoms. The summed E-state index contributed by atoms with van der Waals surface area (Å²) in [6, 6.07) is 17.3. The van der Waals surface area contributed by atoms with Crippen LogP contribution >= 0.6 is 0 Å². The van der Waals surface area contributed by atoms with Crippen LogP contribution < -0.4 is 16.0 Å². The Bertz CT molecular complexity index is 1350. The number of aliphatic hydroxyl groups is 2. The molecule has 4 atom stereocenters. The molecule has 0 radical (unpaired) electrons. The van der Waals surface area contributed by atoms with Gasteiger partial charge in [-0.3, -0.25) is 9.37 Å². The van der Waals surface area contributed by atoms with E-state index < -0.39 is 36.3 Å². The van der Waals surface area contributed by atoms with Gasteiger partial charge in [0.25, 0.3) is 11.8 Å². The van der Waals surface area contributed by atoms with Gasteiger partial charge in [-0.15, -0.1) is 0 Å². The molecule has 0 aromatic heterocycles. The molecular formula is C33H44N5O8+. The molecule has 1 saturated heterocycles. The number of carbonyl (C=O) groups excluding carboxylic acids is 2. The highest BCUT2D eigenvalue weighted by Gasteiger charge is 2.41. The summed E-state index contributed by atoms with van der Waals surface area (Å²) in [7, 11) is 0. The molecular weight excluding hydrogens is 594 g/mol. The quantitative estimate of drug-likeness (QED) is 0.0903. The number of esters is 1. The standard InChI is InChI=1S/C33H43N5O8/c39-27-19-26-30(37-32(35-26)34-17-9-7-16-29(41)42)38(20-28(27)40)18-10-8-15-25(31(43)45-21-23-11-3-1-4-12-23)36-33(44)46-22-24-13-5-2-6-14-24/h1-6,11-14,25-28,39-40H,7-10,15-22H2,(H3,34,35,36,41,42,44)/p+1/t25-,26?,27-,28+/m0/s1. The minimum atomic E-state index is -0.945. The lowest BCUT2D eigenvalue weighted by Crippen LogP contribution is -2.42. The first-order valence-electron chi connectivity index (χ1n) is 15.7. The number of amides is 1. The molecule has 1 unspecified atom stereocenters. The van der Waals surface area contributed by atoms with E-state index in [0.717, 1.165) is 17.0 Å². The average Bonchev–Trinajstić information content (AvgIpc) is 3.41. The van der Waals surface area contributed by atoms with Gasteiger partial charge in [-0.25, -0.2) is 19.9 Å². The molecule has 0 spiro atoms. The molecule has 0 saturated carbocycles. The molecule has 4 rings (SSSR count). The van der Waals surface area contributed by atoms with Gasteiger partial charge >= 0.3 is 18.0 Å². The van der Waals surface area contributed by atoms with Crippen molar-refractivity contribution >= 4 is 29.8 Å². The predicted molar refractivity (Wildman–Crippen MR) is 169 cm³/mol. The lowest BCUT2D eigenvalue weighted by Gasteiger charge is -2.18. The molecule has 6 N–H and O–H groups in total. The Balaban J connectivity index is 1.34. The first kappa shape index (κ1) is 34.4. The molecule has 2 aliphatic heterocycles. The number of aliphatic imine (C=N–C) groups is 1. The first-order valence-corrected chi connectivity index (χ1v) is 15.7. The minimum Gasteiger partial charge on any atom is -0.481 e. The number of amidine groups is 1. The predicted octanol–water partition coefficient (Wildman–Crippen LogP) is 1.90. The van der Waals surface area contributed by atoms with Crippen LogP contribution in [0.25, 0.3) is 0 Å². The summed E-state index contributed by atoms with van der Waals surface area (Å²) in [4.78, 5) is 40.9. The number of benzene rings is 2. The van der Waals surface area contributed by atoms with Gasteiger partial charge in [0.05, 0.1) is 12.6 Å². The second-order valence-corrected chi connectivity index (χ2v) is 11.5. The summed E-state index contributed by atoms with van der Waals surface area (Å²) in [5.74, 6) is -0.0567. The van der Waals surface area contributed by atoms with Crippen molar-refractivity contribution in [2.45, 2.75) is 82.5 Å². The van der Waals surface area contributed by atoms with Crippen LogP contribution in [0.2, 0.25) is 0 Å². The van der Waals surface area contributed by atoms with E-state index in [1.54, 1.807) is 0 Å². The van der Waals surface area contributed by atoms with Crippen molar-refractivity contribution in [3.63, 3.8) is 0 Å². The van der Waals surface area contributed by atoms with Crippen molar-refractivity contribution in [2.24, 2.45) is 4.99 Å². The average molecular weight is 639 g/mol. The number of nitrogens with one attached hydrogen (secondary N) is 3. The van der Waals surface area contributed by atoms with Crippen molar-refractivity contribution in [1.82, 2.24) is 16.0 Å². The fraction of sp³-hybridized carbons (Fsp3) is 0.485. The largest absolute Gasteiger partial charge is 0.481 e. The van der Waals surface area contributed by atoms with Gasteiger partial charge in [-0.05, 0) is 43.2 Å². The molecule has 1 fully saturated rings. The van der Waals surface area contributed by atoms with Gasteiger partial charge in [0.15, 0.2) is 0 Å². The fourth-order valence-corrected chi connectivity index (χ4v) is 5.30. The molecule has 13 heteroatoms. The molecule has 13 nitrogen and oxygen atoms in total. The summed E-state index contributed by atoms with van der Waals surface area (Å²) in [6.45, 7) is 1.32. The fourth-order valence-electron chi connectivity index (χ4n) is 5.30. The lowest BCUT2D eigenvalue weighted by molar-refractivity contribution is -0.539. The highest BCUT2D eigenvalue weighted by molar-refractivity contribution is 6.07. The van der Waals surface area contributed by atoms with Crippen molar-refractivity contribution in [2.75, 3.05) is 19.6 Å². The van der Waals surface area contributed by atoms with Crippen LogP contribution in [-0.4, -0.2) is 93.6 Å². The summed E-state index contributed by atoms with van der Waals surface area (Å²) in [5, 5.41) is 39.0. The van der Waals surface area contributed by atoms with Crippen molar-refractivity contribution in [3.8, 4) is 0 Å². The third kappa shape index (κ3) is 11.1. The number of guanidine groups is 1. The van der Waals surface area contributed by atoms with Gasteiger partial charge in [0, 0.05) is 19.4 Å².